The molecule has 0 spiro atoms. The summed E-state index contributed by atoms with van der Waals surface area (Å²) in [5, 5.41) is 30.1. The van der Waals surface area contributed by atoms with E-state index < -0.39 is 5.60 Å². The van der Waals surface area contributed by atoms with Crippen LogP contribution >= 0.6 is 0 Å². The van der Waals surface area contributed by atoms with Crippen molar-refractivity contribution < 1.29 is 14.9 Å². The fourth-order valence-electron chi connectivity index (χ4n) is 7.09. The standard InChI is InChI=1S/C34H38N2O3/c1-39-31-10-7-21(15-30(31)37)11-13-34(38)19-26-17-25-16-24-9-8-23-3-2-4-28(32(23)24)33(25)36-29(26)18-27(34)12-14-35-20-22-5-6-22/h2-4,7,10,15-17,22,27,35,37-38H,5-6,8-9,11-14,18-20H2,1H3. The number of aryl methyl sites for hydroxylation is 3. The number of ether oxygens (including phenoxy) is 1. The molecule has 1 heterocycles. The molecule has 1 fully saturated rings. The normalized spacial score (nSPS) is 21.9. The van der Waals surface area contributed by atoms with E-state index in [1.54, 1.807) is 19.2 Å². The zero-order valence-corrected chi connectivity index (χ0v) is 22.8. The predicted molar refractivity (Wildman–Crippen MR) is 156 cm³/mol. The topological polar surface area (TPSA) is 74.6 Å². The van der Waals surface area contributed by atoms with Gasteiger partial charge in [0.1, 0.15) is 0 Å². The number of fused-ring (bicyclic) bond motifs is 3. The number of hydrogen-bond donors (Lipinski definition) is 3. The Morgan fingerprint density at radius 1 is 1.05 bits per heavy atom. The number of phenols is 1. The predicted octanol–water partition coefficient (Wildman–Crippen LogP) is 5.67. The molecule has 3 aliphatic rings. The van der Waals surface area contributed by atoms with E-state index in [0.29, 0.717) is 25.0 Å². The summed E-state index contributed by atoms with van der Waals surface area (Å²) < 4.78 is 5.21. The zero-order valence-electron chi connectivity index (χ0n) is 22.8. The van der Waals surface area contributed by atoms with Crippen molar-refractivity contribution in [2.45, 2.75) is 63.4 Å². The Kier molecular flexibility index (Phi) is 6.24. The molecule has 3 N–H and O–H groups in total. The first-order chi connectivity index (χ1) is 19.0. The van der Waals surface area contributed by atoms with E-state index in [2.05, 4.69) is 35.6 Å². The number of pyridine rings is 1. The molecule has 1 aromatic heterocycles. The van der Waals surface area contributed by atoms with Gasteiger partial charge in [-0.3, -0.25) is 4.98 Å². The fraction of sp³-hybridized carbons (Fsp3) is 0.441. The van der Waals surface area contributed by atoms with Gasteiger partial charge in [-0.2, -0.15) is 0 Å². The van der Waals surface area contributed by atoms with Gasteiger partial charge in [0.15, 0.2) is 11.5 Å². The van der Waals surface area contributed by atoms with E-state index in [-0.39, 0.29) is 11.7 Å². The second-order valence-corrected chi connectivity index (χ2v) is 12.2. The average molecular weight is 523 g/mol. The highest BCUT2D eigenvalue weighted by Gasteiger charge is 2.41. The van der Waals surface area contributed by atoms with Crippen LogP contribution in [0.25, 0.3) is 21.7 Å². The van der Waals surface area contributed by atoms with Crippen molar-refractivity contribution in [1.82, 2.24) is 10.3 Å². The highest BCUT2D eigenvalue weighted by molar-refractivity contribution is 6.09. The first-order valence-electron chi connectivity index (χ1n) is 14.7. The van der Waals surface area contributed by atoms with Gasteiger partial charge in [0.2, 0.25) is 0 Å². The number of aromatic hydroxyl groups is 1. The van der Waals surface area contributed by atoms with Crippen LogP contribution in [0, 0.1) is 11.8 Å². The van der Waals surface area contributed by atoms with Crippen molar-refractivity contribution in [3.63, 3.8) is 0 Å². The number of methoxy groups -OCH3 is 1. The van der Waals surface area contributed by atoms with Gasteiger partial charge in [0, 0.05) is 22.9 Å². The zero-order chi connectivity index (χ0) is 26.6. The molecule has 202 valence electrons. The number of phenolic OH excluding ortho intramolecular Hbond substituents is 1. The van der Waals surface area contributed by atoms with Gasteiger partial charge >= 0.3 is 0 Å². The first-order valence-corrected chi connectivity index (χ1v) is 14.7. The highest BCUT2D eigenvalue weighted by atomic mass is 16.5. The molecule has 1 saturated carbocycles. The van der Waals surface area contributed by atoms with Gasteiger partial charge < -0.3 is 20.3 Å². The van der Waals surface area contributed by atoms with Crippen molar-refractivity contribution in [1.29, 1.82) is 0 Å². The minimum absolute atomic E-state index is 0.130. The molecule has 7 rings (SSSR count). The Hall–Kier alpha value is -3.15. The summed E-state index contributed by atoms with van der Waals surface area (Å²) in [6.45, 7) is 2.01. The van der Waals surface area contributed by atoms with Crippen molar-refractivity contribution in [3.05, 3.63) is 76.5 Å². The number of aromatic nitrogens is 1. The molecular weight excluding hydrogens is 484 g/mol. The minimum atomic E-state index is -0.819. The van der Waals surface area contributed by atoms with Gasteiger partial charge in [-0.25, -0.2) is 0 Å². The number of rotatable bonds is 9. The van der Waals surface area contributed by atoms with Crippen LogP contribution in [0.2, 0.25) is 0 Å². The minimum Gasteiger partial charge on any atom is -0.504 e. The third-order valence-electron chi connectivity index (χ3n) is 9.53. The highest BCUT2D eigenvalue weighted by Crippen LogP contribution is 2.42. The molecule has 0 aliphatic heterocycles. The molecule has 0 saturated heterocycles. The van der Waals surface area contributed by atoms with Crippen LogP contribution in [0.3, 0.4) is 0 Å². The number of aliphatic hydroxyl groups is 1. The molecule has 3 aliphatic carbocycles. The van der Waals surface area contributed by atoms with Crippen LogP contribution in [-0.2, 0) is 32.1 Å². The Balaban J connectivity index is 1.20. The molecule has 5 nitrogen and oxygen atoms in total. The van der Waals surface area contributed by atoms with Gasteiger partial charge in [0.05, 0.1) is 18.2 Å². The average Bonchev–Trinajstić information content (AvgIpc) is 3.68. The van der Waals surface area contributed by atoms with Crippen LogP contribution in [0.4, 0.5) is 0 Å². The SMILES string of the molecule is COc1ccc(CCC2(O)Cc3cc4cc5c6c(cccc6c4nc3CC2CCNCC2CC2)CC5)cc1O. The van der Waals surface area contributed by atoms with Crippen LogP contribution in [-0.4, -0.2) is 41.0 Å². The maximum Gasteiger partial charge on any atom is 0.160 e. The quantitative estimate of drug-likeness (QED) is 0.195. The summed E-state index contributed by atoms with van der Waals surface area (Å²) >= 11 is 0. The van der Waals surface area contributed by atoms with E-state index in [1.807, 2.05) is 6.07 Å². The number of hydrogen-bond acceptors (Lipinski definition) is 5. The lowest BCUT2D eigenvalue weighted by Crippen LogP contribution is -2.46. The van der Waals surface area contributed by atoms with Crippen molar-refractivity contribution >= 4 is 21.7 Å². The maximum atomic E-state index is 12.2. The lowest BCUT2D eigenvalue weighted by molar-refractivity contribution is -0.0359. The summed E-state index contributed by atoms with van der Waals surface area (Å²) in [6.07, 6.45) is 8.59. The van der Waals surface area contributed by atoms with Crippen LogP contribution < -0.4 is 10.1 Å². The largest absolute Gasteiger partial charge is 0.504 e. The molecule has 4 aromatic rings. The molecule has 0 radical (unpaired) electrons. The molecule has 5 heteroatoms. The molecule has 2 atom stereocenters. The third kappa shape index (κ3) is 4.66. The smallest absolute Gasteiger partial charge is 0.160 e. The van der Waals surface area contributed by atoms with E-state index in [0.717, 1.165) is 61.5 Å². The van der Waals surface area contributed by atoms with E-state index >= 15 is 0 Å². The number of nitrogens with one attached hydrogen (secondary N) is 1. The van der Waals surface area contributed by atoms with Crippen LogP contribution in [0.15, 0.2) is 48.5 Å². The van der Waals surface area contributed by atoms with Crippen molar-refractivity contribution in [2.24, 2.45) is 11.8 Å². The van der Waals surface area contributed by atoms with Gasteiger partial charge in [-0.05, 0) is 128 Å². The second kappa shape index (κ2) is 9.79. The summed E-state index contributed by atoms with van der Waals surface area (Å²) in [5.41, 5.74) is 6.52. The molecule has 0 bridgehead atoms. The lowest BCUT2D eigenvalue weighted by Gasteiger charge is -2.41. The molecule has 0 amide bonds. The Morgan fingerprint density at radius 2 is 1.90 bits per heavy atom. The molecular formula is C34H38N2O3. The summed E-state index contributed by atoms with van der Waals surface area (Å²) in [6, 6.07) is 16.9. The molecule has 39 heavy (non-hydrogen) atoms. The summed E-state index contributed by atoms with van der Waals surface area (Å²) in [4.78, 5) is 5.31. The fourth-order valence-corrected chi connectivity index (χ4v) is 7.09. The van der Waals surface area contributed by atoms with Crippen molar-refractivity contribution in [3.8, 4) is 11.5 Å². The van der Waals surface area contributed by atoms with Gasteiger partial charge in [-0.15, -0.1) is 0 Å². The monoisotopic (exact) mass is 522 g/mol. The van der Waals surface area contributed by atoms with Gasteiger partial charge in [-0.1, -0.05) is 24.3 Å². The first kappa shape index (κ1) is 24.9. The van der Waals surface area contributed by atoms with E-state index in [4.69, 9.17) is 9.72 Å². The molecule has 3 aromatic carbocycles. The Labute approximate surface area is 230 Å². The van der Waals surface area contributed by atoms with Crippen LogP contribution in [0.5, 0.6) is 11.5 Å². The van der Waals surface area contributed by atoms with Crippen molar-refractivity contribution in [2.75, 3.05) is 20.2 Å². The van der Waals surface area contributed by atoms with E-state index in [1.165, 1.54) is 45.7 Å². The maximum absolute atomic E-state index is 12.2. The Morgan fingerprint density at radius 3 is 2.72 bits per heavy atom. The summed E-state index contributed by atoms with van der Waals surface area (Å²) in [5.74, 6) is 1.60. The third-order valence-corrected chi connectivity index (χ3v) is 9.53. The van der Waals surface area contributed by atoms with Gasteiger partial charge in [0.25, 0.3) is 0 Å². The molecule has 2 unspecified atom stereocenters. The van der Waals surface area contributed by atoms with E-state index in [9.17, 15) is 10.2 Å². The lowest BCUT2D eigenvalue weighted by atomic mass is 9.70. The number of benzene rings is 3. The van der Waals surface area contributed by atoms with Crippen LogP contribution in [0.1, 0.15) is 53.6 Å². The number of nitrogens with zero attached hydrogens (tertiary/aromatic N) is 1. The Bertz CT molecular complexity index is 1560. The second-order valence-electron chi connectivity index (χ2n) is 12.2. The summed E-state index contributed by atoms with van der Waals surface area (Å²) in [7, 11) is 1.56.